The Balaban J connectivity index is 2.12. The zero-order valence-corrected chi connectivity index (χ0v) is 14.9. The molecule has 2 rings (SSSR count). The van der Waals surface area contributed by atoms with Crippen LogP contribution >= 0.6 is 15.9 Å². The third-order valence-corrected chi connectivity index (χ3v) is 5.05. The van der Waals surface area contributed by atoms with E-state index in [9.17, 15) is 13.2 Å². The van der Waals surface area contributed by atoms with Crippen LogP contribution in [0.1, 0.15) is 28.8 Å². The lowest BCUT2D eigenvalue weighted by Crippen LogP contribution is -2.28. The van der Waals surface area contributed by atoms with Gasteiger partial charge in [-0.2, -0.15) is 0 Å². The summed E-state index contributed by atoms with van der Waals surface area (Å²) in [5.74, 6) is -0.217. The molecule has 0 fully saturated rings. The number of hydrogen-bond donors (Lipinski definition) is 2. The Morgan fingerprint density at radius 3 is 2.48 bits per heavy atom. The first-order chi connectivity index (χ1) is 10.8. The molecule has 0 aliphatic carbocycles. The summed E-state index contributed by atoms with van der Waals surface area (Å²) in [4.78, 5) is 12.2. The van der Waals surface area contributed by atoms with E-state index in [1.165, 1.54) is 18.2 Å². The van der Waals surface area contributed by atoms with Crippen LogP contribution in [-0.4, -0.2) is 20.9 Å². The van der Waals surface area contributed by atoms with Gasteiger partial charge in [0, 0.05) is 11.0 Å². The van der Waals surface area contributed by atoms with Gasteiger partial charge >= 0.3 is 0 Å². The van der Waals surface area contributed by atoms with Crippen molar-refractivity contribution in [3.8, 4) is 0 Å². The zero-order valence-electron chi connectivity index (χ0n) is 12.5. The molecule has 0 aliphatic heterocycles. The van der Waals surface area contributed by atoms with Gasteiger partial charge in [0.2, 0.25) is 10.0 Å². The number of primary sulfonamides is 1. The summed E-state index contributed by atoms with van der Waals surface area (Å²) in [6.45, 7) is 2.44. The maximum absolute atomic E-state index is 12.3. The normalized spacial score (nSPS) is 12.7. The van der Waals surface area contributed by atoms with E-state index < -0.39 is 10.0 Å². The molecular formula is C16H17BrN2O3S. The van der Waals surface area contributed by atoms with Crippen molar-refractivity contribution >= 4 is 31.9 Å². The lowest BCUT2D eigenvalue weighted by Gasteiger charge is -2.14. The number of carbonyl (C=O) groups excluding carboxylic acids is 1. The fourth-order valence-electron chi connectivity index (χ4n) is 2.10. The Kier molecular flexibility index (Phi) is 5.56. The van der Waals surface area contributed by atoms with Crippen LogP contribution in [0.5, 0.6) is 0 Å². The molecule has 0 bridgehead atoms. The molecule has 1 atom stereocenters. The van der Waals surface area contributed by atoms with Crippen LogP contribution in [-0.2, 0) is 10.0 Å². The van der Waals surface area contributed by atoms with Crippen molar-refractivity contribution in [1.29, 1.82) is 0 Å². The first-order valence-corrected chi connectivity index (χ1v) is 9.28. The Bertz CT molecular complexity index is 807. The molecule has 0 unspecified atom stereocenters. The maximum atomic E-state index is 12.3. The summed E-state index contributed by atoms with van der Waals surface area (Å²) in [5, 5.41) is 7.91. The third-order valence-electron chi connectivity index (χ3n) is 3.45. The summed E-state index contributed by atoms with van der Waals surface area (Å²) >= 11 is 3.25. The molecule has 0 aromatic heterocycles. The molecule has 23 heavy (non-hydrogen) atoms. The fourth-order valence-corrected chi connectivity index (χ4v) is 3.06. The van der Waals surface area contributed by atoms with E-state index in [2.05, 4.69) is 21.2 Å². The van der Waals surface area contributed by atoms with Gasteiger partial charge in [0.05, 0.1) is 10.5 Å². The average Bonchev–Trinajstić information content (AvgIpc) is 2.52. The van der Waals surface area contributed by atoms with Gasteiger partial charge in [-0.1, -0.05) is 37.3 Å². The number of nitrogens with two attached hydrogens (primary N) is 1. The Morgan fingerprint density at radius 1 is 1.22 bits per heavy atom. The smallest absolute Gasteiger partial charge is 0.252 e. The number of nitrogens with one attached hydrogen (secondary N) is 1. The highest BCUT2D eigenvalue weighted by Crippen LogP contribution is 2.21. The van der Waals surface area contributed by atoms with Gasteiger partial charge in [0.15, 0.2) is 0 Å². The predicted octanol–water partition coefficient (Wildman–Crippen LogP) is 2.63. The number of halogens is 1. The molecule has 0 heterocycles. The summed E-state index contributed by atoms with van der Waals surface area (Å²) in [6, 6.07) is 13.9. The summed E-state index contributed by atoms with van der Waals surface area (Å²) < 4.78 is 23.3. The van der Waals surface area contributed by atoms with E-state index in [0.29, 0.717) is 11.0 Å². The van der Waals surface area contributed by atoms with E-state index in [1.807, 2.05) is 37.3 Å². The molecular weight excluding hydrogens is 380 g/mol. The van der Waals surface area contributed by atoms with E-state index in [0.717, 1.165) is 5.56 Å². The SMILES string of the molecule is C[C@@H](CNC(=O)c1cc(S(N)(=O)=O)ccc1Br)c1ccccc1. The zero-order chi connectivity index (χ0) is 17.0. The second-order valence-electron chi connectivity index (χ2n) is 5.21. The van der Waals surface area contributed by atoms with E-state index >= 15 is 0 Å². The number of rotatable bonds is 5. The molecule has 0 saturated carbocycles. The van der Waals surface area contributed by atoms with Gasteiger partial charge < -0.3 is 5.32 Å². The highest BCUT2D eigenvalue weighted by Gasteiger charge is 2.16. The lowest BCUT2D eigenvalue weighted by molar-refractivity contribution is 0.0950. The standard InChI is InChI=1S/C16H17BrN2O3S/c1-11(12-5-3-2-4-6-12)10-19-16(20)14-9-13(23(18,21)22)7-8-15(14)17/h2-9,11H,10H2,1H3,(H,19,20)(H2,18,21,22)/t11-/m0/s1. The van der Waals surface area contributed by atoms with Gasteiger partial charge in [-0.25, -0.2) is 13.6 Å². The molecule has 1 amide bonds. The number of sulfonamides is 1. The molecule has 0 radical (unpaired) electrons. The predicted molar refractivity (Wildman–Crippen MR) is 92.7 cm³/mol. The summed E-state index contributed by atoms with van der Waals surface area (Å²) in [6.07, 6.45) is 0. The van der Waals surface area contributed by atoms with E-state index in [4.69, 9.17) is 5.14 Å². The van der Waals surface area contributed by atoms with Crippen molar-refractivity contribution in [3.05, 3.63) is 64.1 Å². The molecule has 0 spiro atoms. The van der Waals surface area contributed by atoms with E-state index in [-0.39, 0.29) is 22.3 Å². The second kappa shape index (κ2) is 7.25. The van der Waals surface area contributed by atoms with Crippen molar-refractivity contribution in [2.45, 2.75) is 17.7 Å². The molecule has 3 N–H and O–H groups in total. The number of benzene rings is 2. The number of amides is 1. The van der Waals surface area contributed by atoms with Crippen molar-refractivity contribution in [1.82, 2.24) is 5.32 Å². The van der Waals surface area contributed by atoms with E-state index in [1.54, 1.807) is 0 Å². The Morgan fingerprint density at radius 2 is 1.87 bits per heavy atom. The van der Waals surface area contributed by atoms with Crippen LogP contribution in [0.4, 0.5) is 0 Å². The topological polar surface area (TPSA) is 89.3 Å². The van der Waals surface area contributed by atoms with Crippen molar-refractivity contribution in [3.63, 3.8) is 0 Å². The van der Waals surface area contributed by atoms with Crippen LogP contribution < -0.4 is 10.5 Å². The molecule has 0 saturated heterocycles. The first kappa shape index (κ1) is 17.7. The van der Waals surface area contributed by atoms with Gasteiger partial charge in [0.1, 0.15) is 0 Å². The molecule has 0 aliphatic rings. The minimum absolute atomic E-state index is 0.0954. The lowest BCUT2D eigenvalue weighted by atomic mass is 10.0. The molecule has 2 aromatic carbocycles. The Hall–Kier alpha value is -1.70. The van der Waals surface area contributed by atoms with Crippen molar-refractivity contribution in [2.24, 2.45) is 5.14 Å². The quantitative estimate of drug-likeness (QED) is 0.813. The fraction of sp³-hybridized carbons (Fsp3) is 0.188. The molecule has 7 heteroatoms. The van der Waals surface area contributed by atoms with Crippen LogP contribution in [0.25, 0.3) is 0 Å². The first-order valence-electron chi connectivity index (χ1n) is 6.94. The molecule has 122 valence electrons. The Labute approximate surface area is 144 Å². The number of carbonyl (C=O) groups is 1. The van der Waals surface area contributed by atoms with Crippen LogP contribution in [0.15, 0.2) is 57.9 Å². The summed E-state index contributed by atoms with van der Waals surface area (Å²) in [5.41, 5.74) is 1.35. The van der Waals surface area contributed by atoms with Crippen LogP contribution in [0, 0.1) is 0 Å². The van der Waals surface area contributed by atoms with Crippen molar-refractivity contribution < 1.29 is 13.2 Å². The average molecular weight is 397 g/mol. The highest BCUT2D eigenvalue weighted by molar-refractivity contribution is 9.10. The van der Waals surface area contributed by atoms with Gasteiger partial charge in [-0.05, 0) is 45.6 Å². The third kappa shape index (κ3) is 4.63. The molecule has 5 nitrogen and oxygen atoms in total. The highest BCUT2D eigenvalue weighted by atomic mass is 79.9. The van der Waals surface area contributed by atoms with Gasteiger partial charge in [-0.3, -0.25) is 4.79 Å². The molecule has 2 aromatic rings. The summed E-state index contributed by atoms with van der Waals surface area (Å²) in [7, 11) is -3.85. The van der Waals surface area contributed by atoms with Crippen LogP contribution in [0.3, 0.4) is 0 Å². The minimum Gasteiger partial charge on any atom is -0.351 e. The largest absolute Gasteiger partial charge is 0.351 e. The van der Waals surface area contributed by atoms with Crippen LogP contribution in [0.2, 0.25) is 0 Å². The second-order valence-corrected chi connectivity index (χ2v) is 7.62. The maximum Gasteiger partial charge on any atom is 0.252 e. The van der Waals surface area contributed by atoms with Crippen molar-refractivity contribution in [2.75, 3.05) is 6.54 Å². The van der Waals surface area contributed by atoms with Gasteiger partial charge in [-0.15, -0.1) is 0 Å². The monoisotopic (exact) mass is 396 g/mol. The minimum atomic E-state index is -3.85. The number of hydrogen-bond acceptors (Lipinski definition) is 3. The van der Waals surface area contributed by atoms with Gasteiger partial charge in [0.25, 0.3) is 5.91 Å².